The van der Waals surface area contributed by atoms with E-state index in [1.165, 1.54) is 53.3 Å². The summed E-state index contributed by atoms with van der Waals surface area (Å²) in [5, 5.41) is 2.59. The first-order valence-corrected chi connectivity index (χ1v) is 35.3. The number of para-hydroxylation sites is 2. The van der Waals surface area contributed by atoms with Gasteiger partial charge in [-0.05, 0) is 99.8 Å². The predicted molar refractivity (Wildman–Crippen MR) is 246 cm³/mol. The standard InChI is InChI=1S/C18H12BrN.C13H10.C6H4BrI.I3.I2/c19-13-6-5-7-14(12-13)20-17-10-3-1-8-15(17)16-9-2-4-11-18(16)20;1-3-7-12-10(5-1)9-11-6-2-4-8-13(11)12;7-5-2-1-3-6(8)4-5;1-3-2;1-2/h1-12H;1-8H,9H2;1-4H;;/q;;;-1;. The number of aromatic nitrogens is 1. The van der Waals surface area contributed by atoms with Gasteiger partial charge in [-0.25, -0.2) is 0 Å². The minimum absolute atomic E-state index is 0.530. The van der Waals surface area contributed by atoms with E-state index < -0.39 is 0 Å². The molecule has 0 fully saturated rings. The maximum Gasteiger partial charge on any atom is -0.00135 e. The maximum atomic E-state index is 3.56. The van der Waals surface area contributed by atoms with Crippen molar-refractivity contribution in [2.24, 2.45) is 0 Å². The molecule has 7 aromatic rings. The minimum Gasteiger partial charge on any atom is -0.0619 e. The Bertz CT molecular complexity index is 1900. The second kappa shape index (κ2) is 21.0. The first-order valence-electron chi connectivity index (χ1n) is 13.8. The molecule has 1 nitrogen and oxygen atoms in total. The Labute approximate surface area is 354 Å². The number of nitrogens with zero attached hydrogens (tertiary/aromatic N) is 1. The van der Waals surface area contributed by atoms with E-state index >= 15 is 0 Å². The molecule has 6 aromatic carbocycles. The van der Waals surface area contributed by atoms with Gasteiger partial charge in [0, 0.05) is 66.2 Å². The van der Waals surface area contributed by atoms with Crippen molar-refractivity contribution in [1.29, 1.82) is 0 Å². The van der Waals surface area contributed by atoms with Gasteiger partial charge in [-0.15, -0.1) is 0 Å². The molecule has 1 aliphatic carbocycles. The quantitative estimate of drug-likeness (QED) is 0.144. The molecule has 1 aliphatic rings. The molecule has 0 saturated heterocycles. The first kappa shape index (κ1) is 39.2. The van der Waals surface area contributed by atoms with Crippen molar-refractivity contribution in [3.8, 4) is 16.8 Å². The van der Waals surface area contributed by atoms with Crippen molar-refractivity contribution in [3.05, 3.63) is 169 Å². The summed E-state index contributed by atoms with van der Waals surface area (Å²) in [6.07, 6.45) is 1.10. The van der Waals surface area contributed by atoms with E-state index in [9.17, 15) is 0 Å². The van der Waals surface area contributed by atoms with Crippen LogP contribution in [-0.2, 0) is 6.42 Å². The van der Waals surface area contributed by atoms with Gasteiger partial charge in [0.25, 0.3) is 0 Å². The van der Waals surface area contributed by atoms with E-state index in [-0.39, 0.29) is 0 Å². The van der Waals surface area contributed by atoms with Gasteiger partial charge < -0.3 is 4.57 Å². The maximum absolute atomic E-state index is 3.56. The van der Waals surface area contributed by atoms with Crippen LogP contribution in [0.25, 0.3) is 38.6 Å². The number of hydrogen-bond acceptors (Lipinski definition) is 0. The average Bonchev–Trinajstić information content (AvgIpc) is 3.63. The minimum atomic E-state index is 0.530. The van der Waals surface area contributed by atoms with Crippen LogP contribution in [0.15, 0.2) is 155 Å². The monoisotopic (exact) mass is 1400 g/mol. The summed E-state index contributed by atoms with van der Waals surface area (Å²) in [5.41, 5.74) is 9.42. The Morgan fingerprint density at radius 3 is 1.41 bits per heavy atom. The molecule has 0 atom stereocenters. The van der Waals surface area contributed by atoms with Gasteiger partial charge in [0.15, 0.2) is 0 Å². The summed E-state index contributed by atoms with van der Waals surface area (Å²) in [6.45, 7) is 0. The summed E-state index contributed by atoms with van der Waals surface area (Å²) in [5.74, 6) is 0. The Kier molecular flexibility index (Phi) is 17.9. The van der Waals surface area contributed by atoms with Crippen LogP contribution in [0.5, 0.6) is 0 Å². The second-order valence-corrected chi connectivity index (χ2v) is 29.2. The summed E-state index contributed by atoms with van der Waals surface area (Å²) in [6, 6.07) is 51.0. The van der Waals surface area contributed by atoms with Crippen molar-refractivity contribution in [3.63, 3.8) is 0 Å². The van der Waals surface area contributed by atoms with Crippen LogP contribution in [0.1, 0.15) is 11.1 Å². The van der Waals surface area contributed by atoms with Crippen LogP contribution in [0.3, 0.4) is 0 Å². The zero-order chi connectivity index (χ0) is 32.9. The SMILES string of the molecule is Brc1cccc(-n2c3ccccc3c3ccccc32)c1.Brc1cccc(I)c1.II.I[I-]I.c1ccc2c(c1)Cc1ccccc1-2. The van der Waals surface area contributed by atoms with Crippen LogP contribution < -0.4 is 13.3 Å². The number of hydrogen-bond donors (Lipinski definition) is 0. The van der Waals surface area contributed by atoms with Gasteiger partial charge >= 0.3 is 50.5 Å². The van der Waals surface area contributed by atoms with E-state index in [0.29, 0.717) is 13.3 Å². The van der Waals surface area contributed by atoms with Gasteiger partial charge in [0.2, 0.25) is 0 Å². The molecule has 46 heavy (non-hydrogen) atoms. The molecule has 0 saturated carbocycles. The Morgan fingerprint density at radius 1 is 0.522 bits per heavy atom. The molecular weight excluding hydrogens is 1380 g/mol. The number of rotatable bonds is 1. The smallest absolute Gasteiger partial charge is 0.00135 e. The molecule has 1 aromatic heterocycles. The molecule has 0 spiro atoms. The zero-order valence-corrected chi connectivity index (χ0v) is 40.2. The van der Waals surface area contributed by atoms with Gasteiger partial charge in [0.05, 0.1) is 11.0 Å². The van der Waals surface area contributed by atoms with E-state index in [4.69, 9.17) is 0 Å². The van der Waals surface area contributed by atoms with E-state index in [1.54, 1.807) is 0 Å². The third kappa shape index (κ3) is 10.7. The van der Waals surface area contributed by atoms with Crippen LogP contribution >= 0.6 is 129 Å². The molecule has 0 radical (unpaired) electrons. The molecular formula is C37H26Br2I6N-. The first-order chi connectivity index (χ1) is 22.5. The van der Waals surface area contributed by atoms with Crippen molar-refractivity contribution in [2.45, 2.75) is 6.42 Å². The zero-order valence-electron chi connectivity index (χ0n) is 24.0. The molecule has 0 unspecified atom stereocenters. The van der Waals surface area contributed by atoms with Crippen molar-refractivity contribution < 1.29 is 13.3 Å². The van der Waals surface area contributed by atoms with Gasteiger partial charge in [-0.1, -0.05) is 129 Å². The van der Waals surface area contributed by atoms with Crippen LogP contribution in [0.2, 0.25) is 0 Å². The third-order valence-electron chi connectivity index (χ3n) is 7.14. The summed E-state index contributed by atoms with van der Waals surface area (Å²) in [7, 11) is 0. The van der Waals surface area contributed by atoms with Gasteiger partial charge in [-0.2, -0.15) is 0 Å². The fourth-order valence-corrected chi connectivity index (χ4v) is 7.11. The number of halogens is 8. The van der Waals surface area contributed by atoms with Crippen LogP contribution in [0.4, 0.5) is 0 Å². The summed E-state index contributed by atoms with van der Waals surface area (Å²) < 4.78 is 5.81. The van der Waals surface area contributed by atoms with Gasteiger partial charge in [-0.3, -0.25) is 0 Å². The Morgan fingerprint density at radius 2 is 0.957 bits per heavy atom. The topological polar surface area (TPSA) is 4.93 Å². The molecule has 0 amide bonds. The van der Waals surface area contributed by atoms with Gasteiger partial charge in [0.1, 0.15) is 0 Å². The fraction of sp³-hybridized carbons (Fsp3) is 0.0270. The fourth-order valence-electron chi connectivity index (χ4n) is 5.36. The Hall–Kier alpha value is 0.460. The molecule has 236 valence electrons. The molecule has 8 rings (SSSR count). The van der Waals surface area contributed by atoms with Crippen LogP contribution in [0, 0.1) is 3.57 Å². The van der Waals surface area contributed by atoms with E-state index in [2.05, 4.69) is 267 Å². The van der Waals surface area contributed by atoms with Crippen LogP contribution in [-0.4, -0.2) is 4.57 Å². The molecule has 0 N–H and O–H groups in total. The van der Waals surface area contributed by atoms with E-state index in [0.717, 1.165) is 15.4 Å². The largest absolute Gasteiger partial charge is 0.0619 e. The summed E-state index contributed by atoms with van der Waals surface area (Å²) >= 11 is 18.7. The van der Waals surface area contributed by atoms with Crippen molar-refractivity contribution in [1.82, 2.24) is 4.57 Å². The van der Waals surface area contributed by atoms with Crippen molar-refractivity contribution >= 4 is 151 Å². The number of benzene rings is 6. The number of fused-ring (bicyclic) bond motifs is 6. The molecule has 0 bridgehead atoms. The summed E-state index contributed by atoms with van der Waals surface area (Å²) in [4.78, 5) is 0. The van der Waals surface area contributed by atoms with Crippen molar-refractivity contribution in [2.75, 3.05) is 0 Å². The average molecular weight is 1410 g/mol. The third-order valence-corrected chi connectivity index (χ3v) is 8.80. The predicted octanol–water partition coefficient (Wildman–Crippen LogP) is 12.4. The molecule has 1 heterocycles. The molecule has 0 aliphatic heterocycles. The normalized spacial score (nSPS) is 10.6. The molecule has 9 heteroatoms. The Balaban J connectivity index is 0.000000159. The second-order valence-electron chi connectivity index (χ2n) is 9.83. The van der Waals surface area contributed by atoms with E-state index in [1.807, 2.05) is 12.1 Å².